The Morgan fingerprint density at radius 2 is 1.83 bits per heavy atom. The Bertz CT molecular complexity index is 269. The molecule has 1 saturated carbocycles. The van der Waals surface area contributed by atoms with E-state index in [0.29, 0.717) is 36.9 Å². The predicted octanol–water partition coefficient (Wildman–Crippen LogP) is 2.68. The largest absolute Gasteiger partial charge is 0.396 e. The summed E-state index contributed by atoms with van der Waals surface area (Å²) >= 11 is 0. The van der Waals surface area contributed by atoms with Crippen LogP contribution in [0.5, 0.6) is 0 Å². The van der Waals surface area contributed by atoms with E-state index in [0.717, 1.165) is 0 Å². The minimum absolute atomic E-state index is 0.112. The first-order chi connectivity index (χ1) is 8.47. The zero-order chi connectivity index (χ0) is 13.3. The second-order valence-electron chi connectivity index (χ2n) is 6.92. The van der Waals surface area contributed by atoms with Crippen LogP contribution in [0, 0.1) is 29.1 Å². The molecule has 1 aliphatic carbocycles. The summed E-state index contributed by atoms with van der Waals surface area (Å²) in [5, 5.41) is 9.86. The molecule has 3 heteroatoms. The topological polar surface area (TPSA) is 38.7 Å². The summed E-state index contributed by atoms with van der Waals surface area (Å²) in [6, 6.07) is 0. The Hall–Kier alpha value is -0.120. The highest BCUT2D eigenvalue weighted by Crippen LogP contribution is 2.51. The van der Waals surface area contributed by atoms with Crippen LogP contribution in [0.15, 0.2) is 0 Å². The molecule has 2 fully saturated rings. The molecule has 18 heavy (non-hydrogen) atoms. The van der Waals surface area contributed by atoms with Crippen molar-refractivity contribution in [3.63, 3.8) is 0 Å². The lowest BCUT2D eigenvalue weighted by Gasteiger charge is -2.50. The van der Waals surface area contributed by atoms with E-state index in [-0.39, 0.29) is 18.3 Å². The Morgan fingerprint density at radius 1 is 1.22 bits per heavy atom. The van der Waals surface area contributed by atoms with Crippen LogP contribution >= 0.6 is 0 Å². The molecule has 2 rings (SSSR count). The Morgan fingerprint density at radius 3 is 2.33 bits per heavy atom. The van der Waals surface area contributed by atoms with Crippen LogP contribution in [0.3, 0.4) is 0 Å². The van der Waals surface area contributed by atoms with Crippen molar-refractivity contribution in [2.75, 3.05) is 19.8 Å². The van der Waals surface area contributed by atoms with E-state index >= 15 is 0 Å². The van der Waals surface area contributed by atoms with E-state index < -0.39 is 0 Å². The van der Waals surface area contributed by atoms with Gasteiger partial charge in [-0.25, -0.2) is 0 Å². The van der Waals surface area contributed by atoms with Crippen molar-refractivity contribution in [1.29, 1.82) is 0 Å². The van der Waals surface area contributed by atoms with E-state index in [9.17, 15) is 5.11 Å². The molecular weight excluding hydrogens is 228 g/mol. The van der Waals surface area contributed by atoms with Crippen LogP contribution in [-0.2, 0) is 9.47 Å². The minimum Gasteiger partial charge on any atom is -0.396 e. The molecule has 106 valence electrons. The van der Waals surface area contributed by atoms with Gasteiger partial charge in [0.25, 0.3) is 0 Å². The second-order valence-corrected chi connectivity index (χ2v) is 6.92. The first-order valence-corrected chi connectivity index (χ1v) is 7.31. The number of hydrogen-bond acceptors (Lipinski definition) is 3. The molecule has 0 bridgehead atoms. The minimum atomic E-state index is -0.112. The summed E-state index contributed by atoms with van der Waals surface area (Å²) in [5.74, 6) is 1.81. The van der Waals surface area contributed by atoms with Crippen LogP contribution in [0.25, 0.3) is 0 Å². The molecule has 1 N–H and O–H groups in total. The Balaban J connectivity index is 2.22. The molecular formula is C15H28O3. The lowest BCUT2D eigenvalue weighted by atomic mass is 9.57. The first kappa shape index (κ1) is 14.3. The summed E-state index contributed by atoms with van der Waals surface area (Å²) in [6.45, 7) is 10.8. The Kier molecular flexibility index (Phi) is 4.35. The van der Waals surface area contributed by atoms with Crippen molar-refractivity contribution in [2.24, 2.45) is 29.1 Å². The molecule has 0 aromatic heterocycles. The van der Waals surface area contributed by atoms with E-state index in [2.05, 4.69) is 27.7 Å². The number of ether oxygens (including phenoxy) is 2. The fraction of sp³-hybridized carbons (Fsp3) is 1.00. The van der Waals surface area contributed by atoms with Crippen LogP contribution in [0.4, 0.5) is 0 Å². The molecule has 0 spiro atoms. The molecule has 3 atom stereocenters. The van der Waals surface area contributed by atoms with Gasteiger partial charge in [-0.3, -0.25) is 0 Å². The molecule has 0 aromatic carbocycles. The summed E-state index contributed by atoms with van der Waals surface area (Å²) in [7, 11) is 0. The van der Waals surface area contributed by atoms with Gasteiger partial charge in [0.2, 0.25) is 0 Å². The molecule has 1 aliphatic heterocycles. The van der Waals surface area contributed by atoms with Crippen LogP contribution in [-0.4, -0.2) is 31.2 Å². The fourth-order valence-corrected chi connectivity index (χ4v) is 4.00. The van der Waals surface area contributed by atoms with Gasteiger partial charge in [0.15, 0.2) is 6.29 Å². The third kappa shape index (κ3) is 2.59. The predicted molar refractivity (Wildman–Crippen MR) is 71.1 cm³/mol. The summed E-state index contributed by atoms with van der Waals surface area (Å²) in [5.41, 5.74) is 0.188. The van der Waals surface area contributed by atoms with Crippen molar-refractivity contribution in [3.8, 4) is 0 Å². The average molecular weight is 256 g/mol. The summed E-state index contributed by atoms with van der Waals surface area (Å²) in [6.07, 6.45) is 2.29. The van der Waals surface area contributed by atoms with Gasteiger partial charge in [0, 0.05) is 12.5 Å². The monoisotopic (exact) mass is 256 g/mol. The maximum absolute atomic E-state index is 9.86. The van der Waals surface area contributed by atoms with Gasteiger partial charge < -0.3 is 14.6 Å². The maximum atomic E-state index is 9.86. The van der Waals surface area contributed by atoms with Gasteiger partial charge >= 0.3 is 0 Å². The molecule has 0 amide bonds. The zero-order valence-corrected chi connectivity index (χ0v) is 12.2. The summed E-state index contributed by atoms with van der Waals surface area (Å²) in [4.78, 5) is 0. The molecule has 2 aliphatic rings. The van der Waals surface area contributed by atoms with Gasteiger partial charge in [-0.1, -0.05) is 27.7 Å². The molecule has 1 saturated heterocycles. The lowest BCUT2D eigenvalue weighted by molar-refractivity contribution is -0.169. The molecule has 0 aromatic rings. The number of hydrogen-bond donors (Lipinski definition) is 1. The van der Waals surface area contributed by atoms with Gasteiger partial charge in [0.05, 0.1) is 13.2 Å². The van der Waals surface area contributed by atoms with Crippen molar-refractivity contribution in [2.45, 2.75) is 46.8 Å². The number of aliphatic hydroxyl groups excluding tert-OH is 1. The van der Waals surface area contributed by atoms with Crippen molar-refractivity contribution >= 4 is 0 Å². The molecule has 1 heterocycles. The van der Waals surface area contributed by atoms with Crippen molar-refractivity contribution in [1.82, 2.24) is 0 Å². The van der Waals surface area contributed by atoms with Crippen molar-refractivity contribution in [3.05, 3.63) is 0 Å². The third-order valence-corrected chi connectivity index (χ3v) is 5.04. The quantitative estimate of drug-likeness (QED) is 0.843. The average Bonchev–Trinajstić information content (AvgIpc) is 2.79. The van der Waals surface area contributed by atoms with E-state index in [1.807, 2.05) is 0 Å². The second kappa shape index (κ2) is 5.48. The number of rotatable bonds is 3. The highest BCUT2D eigenvalue weighted by atomic mass is 16.7. The third-order valence-electron chi connectivity index (χ3n) is 5.04. The van der Waals surface area contributed by atoms with E-state index in [1.54, 1.807) is 0 Å². The van der Waals surface area contributed by atoms with Crippen molar-refractivity contribution < 1.29 is 14.6 Å². The molecule has 3 nitrogen and oxygen atoms in total. The van der Waals surface area contributed by atoms with Gasteiger partial charge in [-0.05, 0) is 36.0 Å². The van der Waals surface area contributed by atoms with Gasteiger partial charge in [0.1, 0.15) is 0 Å². The standard InChI is InChI=1S/C15H28O3/c1-10(2)11-5-6-15(3,4)13(12(11)9-16)14-17-7-8-18-14/h10-14,16H,5-9H2,1-4H3/t11-,12-,13?/m0/s1. The zero-order valence-electron chi connectivity index (χ0n) is 12.2. The normalized spacial score (nSPS) is 37.3. The highest BCUT2D eigenvalue weighted by molar-refractivity contribution is 4.95. The van der Waals surface area contributed by atoms with E-state index in [4.69, 9.17) is 9.47 Å². The van der Waals surface area contributed by atoms with Gasteiger partial charge in [-0.2, -0.15) is 0 Å². The lowest BCUT2D eigenvalue weighted by Crippen LogP contribution is -2.49. The Labute approximate surface area is 111 Å². The first-order valence-electron chi connectivity index (χ1n) is 7.31. The van der Waals surface area contributed by atoms with Crippen LogP contribution < -0.4 is 0 Å². The number of aliphatic hydroxyl groups is 1. The van der Waals surface area contributed by atoms with Crippen LogP contribution in [0.1, 0.15) is 40.5 Å². The van der Waals surface area contributed by atoms with E-state index in [1.165, 1.54) is 12.8 Å². The molecule has 0 radical (unpaired) electrons. The molecule has 1 unspecified atom stereocenters. The fourth-order valence-electron chi connectivity index (χ4n) is 4.00. The maximum Gasteiger partial charge on any atom is 0.161 e. The SMILES string of the molecule is CC(C)[C@@H]1CCC(C)(C)C(C2OCCO2)[C@H]1CO. The smallest absolute Gasteiger partial charge is 0.161 e. The van der Waals surface area contributed by atoms with Crippen LogP contribution in [0.2, 0.25) is 0 Å². The van der Waals surface area contributed by atoms with Gasteiger partial charge in [-0.15, -0.1) is 0 Å². The highest BCUT2D eigenvalue weighted by Gasteiger charge is 2.49. The summed E-state index contributed by atoms with van der Waals surface area (Å²) < 4.78 is 11.5.